The fraction of sp³-hybridized carbons (Fsp3) is 0.588. The van der Waals surface area contributed by atoms with E-state index in [1.165, 1.54) is 6.07 Å². The van der Waals surface area contributed by atoms with Crippen molar-refractivity contribution in [2.24, 2.45) is 5.92 Å². The van der Waals surface area contributed by atoms with E-state index in [1.54, 1.807) is 12.1 Å². The second kappa shape index (κ2) is 7.53. The molecule has 1 heterocycles. The van der Waals surface area contributed by atoms with Crippen molar-refractivity contribution in [2.45, 2.75) is 38.1 Å². The van der Waals surface area contributed by atoms with Crippen LogP contribution in [0.5, 0.6) is 0 Å². The normalized spacial score (nSPS) is 18.8. The Morgan fingerprint density at radius 1 is 1.38 bits per heavy atom. The van der Waals surface area contributed by atoms with Crippen LogP contribution in [-0.4, -0.2) is 51.3 Å². The van der Waals surface area contributed by atoms with E-state index in [4.69, 9.17) is 0 Å². The van der Waals surface area contributed by atoms with Gasteiger partial charge in [0, 0.05) is 31.1 Å². The van der Waals surface area contributed by atoms with Crippen molar-refractivity contribution in [1.82, 2.24) is 10.2 Å². The molecule has 1 unspecified atom stereocenters. The van der Waals surface area contributed by atoms with E-state index in [9.17, 15) is 13.2 Å². The van der Waals surface area contributed by atoms with Crippen LogP contribution in [0.2, 0.25) is 0 Å². The zero-order chi connectivity index (χ0) is 17.9. The highest BCUT2D eigenvalue weighted by Gasteiger charge is 2.24. The van der Waals surface area contributed by atoms with E-state index in [-0.39, 0.29) is 10.9 Å². The summed E-state index contributed by atoms with van der Waals surface area (Å²) in [4.78, 5) is 14.7. The summed E-state index contributed by atoms with van der Waals surface area (Å²) in [6, 6.07) is 4.98. The van der Waals surface area contributed by atoms with Crippen molar-refractivity contribution in [3.63, 3.8) is 0 Å². The molecule has 24 heavy (non-hydrogen) atoms. The minimum Gasteiger partial charge on any atom is -0.338 e. The zero-order valence-corrected chi connectivity index (χ0v) is 15.6. The second-order valence-electron chi connectivity index (χ2n) is 6.83. The van der Waals surface area contributed by atoms with Gasteiger partial charge < -0.3 is 15.5 Å². The van der Waals surface area contributed by atoms with Crippen molar-refractivity contribution in [3.8, 4) is 0 Å². The topological polar surface area (TPSA) is 78.5 Å². The van der Waals surface area contributed by atoms with Crippen LogP contribution < -0.4 is 10.6 Å². The third-order valence-corrected chi connectivity index (χ3v) is 5.59. The molecule has 1 fully saturated rings. The first-order valence-corrected chi connectivity index (χ1v) is 10.2. The summed E-state index contributed by atoms with van der Waals surface area (Å²) in [6.45, 7) is 8.89. The van der Waals surface area contributed by atoms with Gasteiger partial charge in [0.2, 0.25) is 0 Å². The molecule has 2 amide bonds. The number of likely N-dealkylation sites (tertiary alicyclic amines) is 1. The maximum absolute atomic E-state index is 12.1. The van der Waals surface area contributed by atoms with E-state index in [2.05, 4.69) is 29.4 Å². The summed E-state index contributed by atoms with van der Waals surface area (Å²) in [5.41, 5.74) is 1.34. The van der Waals surface area contributed by atoms with Crippen LogP contribution in [0.3, 0.4) is 0 Å². The quantitative estimate of drug-likeness (QED) is 0.851. The van der Waals surface area contributed by atoms with Crippen LogP contribution in [0, 0.1) is 12.8 Å². The standard InChI is InChI=1S/C17H27N3O3S/c1-12(2)20-8-7-14(11-20)10-18-17(21)19-16-9-15(24(4,22)23)6-5-13(16)3/h5-6,9,12,14H,7-8,10-11H2,1-4H3,(H2,18,19,21). The Morgan fingerprint density at radius 3 is 2.67 bits per heavy atom. The molecule has 1 aromatic carbocycles. The first-order valence-electron chi connectivity index (χ1n) is 8.26. The number of rotatable bonds is 5. The first kappa shape index (κ1) is 18.7. The maximum atomic E-state index is 12.1. The number of amides is 2. The highest BCUT2D eigenvalue weighted by molar-refractivity contribution is 7.90. The molecule has 0 aromatic heterocycles. The molecule has 1 aliphatic rings. The molecule has 0 bridgehead atoms. The van der Waals surface area contributed by atoms with Crippen LogP contribution in [0.15, 0.2) is 23.1 Å². The van der Waals surface area contributed by atoms with Gasteiger partial charge in [0.1, 0.15) is 0 Å². The molecule has 1 aliphatic heterocycles. The first-order chi connectivity index (χ1) is 11.2. The van der Waals surface area contributed by atoms with Crippen molar-refractivity contribution >= 4 is 21.6 Å². The third-order valence-electron chi connectivity index (χ3n) is 4.48. The van der Waals surface area contributed by atoms with Crippen LogP contribution in [0.4, 0.5) is 10.5 Å². The molecule has 0 spiro atoms. The van der Waals surface area contributed by atoms with E-state index in [0.717, 1.165) is 31.3 Å². The number of nitrogens with zero attached hydrogens (tertiary/aromatic N) is 1. The molecule has 2 rings (SSSR count). The summed E-state index contributed by atoms with van der Waals surface area (Å²) < 4.78 is 23.3. The Bertz CT molecular complexity index is 701. The van der Waals surface area contributed by atoms with Crippen molar-refractivity contribution in [1.29, 1.82) is 0 Å². The van der Waals surface area contributed by atoms with E-state index in [1.807, 2.05) is 6.92 Å². The van der Waals surface area contributed by atoms with Gasteiger partial charge in [-0.05, 0) is 57.4 Å². The lowest BCUT2D eigenvalue weighted by atomic mass is 10.1. The number of benzene rings is 1. The lowest BCUT2D eigenvalue weighted by Crippen LogP contribution is -2.35. The predicted octanol–water partition coefficient (Wildman–Crippen LogP) is 2.25. The molecular formula is C17H27N3O3S. The van der Waals surface area contributed by atoms with Crippen molar-refractivity contribution in [2.75, 3.05) is 31.2 Å². The largest absolute Gasteiger partial charge is 0.338 e. The number of sulfone groups is 1. The van der Waals surface area contributed by atoms with Crippen LogP contribution in [-0.2, 0) is 9.84 Å². The van der Waals surface area contributed by atoms with Gasteiger partial charge in [-0.15, -0.1) is 0 Å². The van der Waals surface area contributed by atoms with Gasteiger partial charge in [0.15, 0.2) is 9.84 Å². The summed E-state index contributed by atoms with van der Waals surface area (Å²) >= 11 is 0. The van der Waals surface area contributed by atoms with E-state index in [0.29, 0.717) is 24.2 Å². The summed E-state index contributed by atoms with van der Waals surface area (Å²) in [5.74, 6) is 0.460. The number of carbonyl (C=O) groups excluding carboxylic acids is 1. The Balaban J connectivity index is 1.91. The molecular weight excluding hydrogens is 326 g/mol. The Kier molecular flexibility index (Phi) is 5.87. The molecule has 0 radical (unpaired) electrons. The van der Waals surface area contributed by atoms with Crippen LogP contribution >= 0.6 is 0 Å². The Labute approximate surface area is 144 Å². The minimum absolute atomic E-state index is 0.201. The summed E-state index contributed by atoms with van der Waals surface area (Å²) in [7, 11) is -3.29. The molecule has 1 atom stereocenters. The van der Waals surface area contributed by atoms with Crippen molar-refractivity contribution in [3.05, 3.63) is 23.8 Å². The smallest absolute Gasteiger partial charge is 0.319 e. The third kappa shape index (κ3) is 4.95. The zero-order valence-electron chi connectivity index (χ0n) is 14.8. The number of aryl methyl sites for hydroxylation is 1. The average Bonchev–Trinajstić information content (AvgIpc) is 2.95. The lowest BCUT2D eigenvalue weighted by molar-refractivity contribution is 0.247. The van der Waals surface area contributed by atoms with Gasteiger partial charge in [0.25, 0.3) is 0 Å². The van der Waals surface area contributed by atoms with Gasteiger partial charge in [-0.25, -0.2) is 13.2 Å². The van der Waals surface area contributed by atoms with Gasteiger partial charge in [0.05, 0.1) is 4.90 Å². The highest BCUT2D eigenvalue weighted by atomic mass is 32.2. The molecule has 0 saturated carbocycles. The van der Waals surface area contributed by atoms with Gasteiger partial charge in [-0.3, -0.25) is 0 Å². The lowest BCUT2D eigenvalue weighted by Gasteiger charge is -2.20. The number of nitrogens with one attached hydrogen (secondary N) is 2. The number of urea groups is 1. The molecule has 1 aromatic rings. The minimum atomic E-state index is -3.29. The second-order valence-corrected chi connectivity index (χ2v) is 8.84. The number of hydrogen-bond acceptors (Lipinski definition) is 4. The van der Waals surface area contributed by atoms with Gasteiger partial charge >= 0.3 is 6.03 Å². The summed E-state index contributed by atoms with van der Waals surface area (Å²) in [6.07, 6.45) is 2.24. The van der Waals surface area contributed by atoms with Crippen molar-refractivity contribution < 1.29 is 13.2 Å². The van der Waals surface area contributed by atoms with E-state index >= 15 is 0 Å². The molecule has 0 aliphatic carbocycles. The van der Waals surface area contributed by atoms with Crippen LogP contribution in [0.25, 0.3) is 0 Å². The van der Waals surface area contributed by atoms with Crippen LogP contribution in [0.1, 0.15) is 25.8 Å². The molecule has 2 N–H and O–H groups in total. The molecule has 134 valence electrons. The number of hydrogen-bond donors (Lipinski definition) is 2. The average molecular weight is 353 g/mol. The SMILES string of the molecule is Cc1ccc(S(C)(=O)=O)cc1NC(=O)NCC1CCN(C(C)C)C1. The van der Waals surface area contributed by atoms with Gasteiger partial charge in [-0.1, -0.05) is 6.07 Å². The monoisotopic (exact) mass is 353 g/mol. The summed E-state index contributed by atoms with van der Waals surface area (Å²) in [5, 5.41) is 5.64. The maximum Gasteiger partial charge on any atom is 0.319 e. The molecule has 6 nitrogen and oxygen atoms in total. The van der Waals surface area contributed by atoms with Gasteiger partial charge in [-0.2, -0.15) is 0 Å². The van der Waals surface area contributed by atoms with E-state index < -0.39 is 9.84 Å². The fourth-order valence-corrected chi connectivity index (χ4v) is 3.52. The molecule has 1 saturated heterocycles. The predicted molar refractivity (Wildman–Crippen MR) is 96.1 cm³/mol. The highest BCUT2D eigenvalue weighted by Crippen LogP contribution is 2.20. The molecule has 7 heteroatoms. The fourth-order valence-electron chi connectivity index (χ4n) is 2.87. The Morgan fingerprint density at radius 2 is 2.08 bits per heavy atom. The number of anilines is 1. The number of carbonyl (C=O) groups is 1. The Hall–Kier alpha value is -1.60.